The molecule has 5 rings (SSSR count). The third-order valence-corrected chi connectivity index (χ3v) is 12.7. The summed E-state index contributed by atoms with van der Waals surface area (Å²) in [6, 6.07) is 0. The van der Waals surface area contributed by atoms with Crippen molar-refractivity contribution >= 4 is 0 Å². The van der Waals surface area contributed by atoms with Crippen molar-refractivity contribution < 1.29 is 5.11 Å². The Balaban J connectivity index is 1.55. The quantitative estimate of drug-likeness (QED) is 0.403. The summed E-state index contributed by atoms with van der Waals surface area (Å²) < 4.78 is 0. The highest BCUT2D eigenvalue weighted by Crippen LogP contribution is 2.74. The van der Waals surface area contributed by atoms with E-state index in [1.165, 1.54) is 57.8 Å². The molecule has 5 aliphatic rings. The smallest absolute Gasteiger partial charge is 0.0571 e. The number of hydrogen-bond donors (Lipinski definition) is 1. The predicted molar refractivity (Wildman–Crippen MR) is 126 cm³/mol. The number of hydrogen-bond acceptors (Lipinski definition) is 1. The molecule has 30 heavy (non-hydrogen) atoms. The first-order valence-electron chi connectivity index (χ1n) is 13.2. The van der Waals surface area contributed by atoms with Gasteiger partial charge in [0, 0.05) is 0 Å². The molecule has 1 heteroatoms. The molecule has 0 heterocycles. The van der Waals surface area contributed by atoms with Crippen molar-refractivity contribution in [3.8, 4) is 0 Å². The highest BCUT2D eigenvalue weighted by Gasteiger charge is 2.66. The van der Waals surface area contributed by atoms with Gasteiger partial charge in [-0.05, 0) is 115 Å². The Kier molecular flexibility index (Phi) is 4.59. The van der Waals surface area contributed by atoms with Crippen LogP contribution in [0.5, 0.6) is 0 Å². The number of rotatable bonds is 0. The molecule has 0 aromatic heterocycles. The minimum Gasteiger partial charge on any atom is -0.393 e. The SMILES string of the molecule is C[C@H]1[C@@H](O)CC[C@H]2C3=CC[C@@]4(C)[C@@H]5CC(C)(C)CC[C@]5(C)CC[C@]4(C)[C@H]3CC[C@@]21C. The zero-order chi connectivity index (χ0) is 21.7. The van der Waals surface area contributed by atoms with E-state index >= 15 is 0 Å². The number of allylic oxidation sites excluding steroid dienone is 2. The van der Waals surface area contributed by atoms with Crippen LogP contribution in [0, 0.1) is 50.7 Å². The van der Waals surface area contributed by atoms with E-state index in [9.17, 15) is 5.11 Å². The van der Waals surface area contributed by atoms with E-state index in [2.05, 4.69) is 54.5 Å². The van der Waals surface area contributed by atoms with Crippen LogP contribution in [0.4, 0.5) is 0 Å². The predicted octanol–water partition coefficient (Wildman–Crippen LogP) is 7.78. The lowest BCUT2D eigenvalue weighted by Crippen LogP contribution is -2.62. The monoisotopic (exact) mass is 412 g/mol. The zero-order valence-electron chi connectivity index (χ0n) is 21.0. The van der Waals surface area contributed by atoms with E-state index in [1.54, 1.807) is 0 Å². The van der Waals surface area contributed by atoms with Gasteiger partial charge in [-0.1, -0.05) is 60.1 Å². The average molecular weight is 413 g/mol. The first-order valence-corrected chi connectivity index (χ1v) is 13.2. The highest BCUT2D eigenvalue weighted by molar-refractivity contribution is 5.30. The van der Waals surface area contributed by atoms with Crippen LogP contribution in [-0.4, -0.2) is 11.2 Å². The Bertz CT molecular complexity index is 749. The molecule has 0 aliphatic heterocycles. The van der Waals surface area contributed by atoms with Crippen molar-refractivity contribution in [3.63, 3.8) is 0 Å². The van der Waals surface area contributed by atoms with Gasteiger partial charge in [0.2, 0.25) is 0 Å². The summed E-state index contributed by atoms with van der Waals surface area (Å²) in [5.41, 5.74) is 4.10. The molecule has 1 nitrogen and oxygen atoms in total. The summed E-state index contributed by atoms with van der Waals surface area (Å²) in [5, 5.41) is 10.6. The first-order chi connectivity index (χ1) is 13.9. The minimum absolute atomic E-state index is 0.0901. The highest BCUT2D eigenvalue weighted by atomic mass is 16.3. The lowest BCUT2D eigenvalue weighted by atomic mass is 9.34. The summed E-state index contributed by atoms with van der Waals surface area (Å²) in [7, 11) is 0. The Labute approximate surface area is 186 Å². The Morgan fingerprint density at radius 2 is 1.50 bits per heavy atom. The van der Waals surface area contributed by atoms with Crippen LogP contribution in [0.15, 0.2) is 11.6 Å². The van der Waals surface area contributed by atoms with E-state index in [4.69, 9.17) is 0 Å². The Hall–Kier alpha value is -0.300. The van der Waals surface area contributed by atoms with Crippen LogP contribution in [0.1, 0.15) is 113 Å². The largest absolute Gasteiger partial charge is 0.393 e. The molecule has 0 aromatic rings. The number of aliphatic hydroxyl groups is 1. The summed E-state index contributed by atoms with van der Waals surface area (Å²) in [6.07, 6.45) is 16.0. The fourth-order valence-electron chi connectivity index (χ4n) is 9.96. The molecule has 0 amide bonds. The summed E-state index contributed by atoms with van der Waals surface area (Å²) in [5.74, 6) is 2.80. The molecule has 9 atom stereocenters. The molecule has 0 aromatic carbocycles. The first kappa shape index (κ1) is 21.5. The molecule has 170 valence electrons. The van der Waals surface area contributed by atoms with Gasteiger partial charge < -0.3 is 5.11 Å². The molecular formula is C29H48O. The molecule has 4 saturated carbocycles. The van der Waals surface area contributed by atoms with Gasteiger partial charge in [-0.2, -0.15) is 0 Å². The second-order valence-electron chi connectivity index (χ2n) is 14.4. The van der Waals surface area contributed by atoms with Crippen LogP contribution in [0.2, 0.25) is 0 Å². The summed E-state index contributed by atoms with van der Waals surface area (Å²) >= 11 is 0. The molecule has 0 saturated heterocycles. The van der Waals surface area contributed by atoms with Crippen molar-refractivity contribution in [1.29, 1.82) is 0 Å². The van der Waals surface area contributed by atoms with Crippen molar-refractivity contribution in [3.05, 3.63) is 11.6 Å². The number of fused-ring (bicyclic) bond motifs is 7. The Morgan fingerprint density at radius 3 is 2.23 bits per heavy atom. The van der Waals surface area contributed by atoms with Gasteiger partial charge in [0.05, 0.1) is 6.10 Å². The van der Waals surface area contributed by atoms with Gasteiger partial charge >= 0.3 is 0 Å². The van der Waals surface area contributed by atoms with Crippen LogP contribution in [0.3, 0.4) is 0 Å². The second-order valence-corrected chi connectivity index (χ2v) is 14.4. The van der Waals surface area contributed by atoms with E-state index in [1.807, 2.05) is 5.57 Å². The molecule has 0 bridgehead atoms. The molecular weight excluding hydrogens is 364 g/mol. The Morgan fingerprint density at radius 1 is 0.800 bits per heavy atom. The van der Waals surface area contributed by atoms with E-state index in [-0.39, 0.29) is 6.10 Å². The fourth-order valence-corrected chi connectivity index (χ4v) is 9.96. The topological polar surface area (TPSA) is 20.2 Å². The van der Waals surface area contributed by atoms with Gasteiger partial charge in [-0.15, -0.1) is 0 Å². The van der Waals surface area contributed by atoms with Crippen LogP contribution < -0.4 is 0 Å². The molecule has 1 N–H and O–H groups in total. The van der Waals surface area contributed by atoms with Crippen LogP contribution in [0.25, 0.3) is 0 Å². The van der Waals surface area contributed by atoms with Gasteiger partial charge in [-0.25, -0.2) is 0 Å². The van der Waals surface area contributed by atoms with Crippen molar-refractivity contribution in [2.24, 2.45) is 50.7 Å². The van der Waals surface area contributed by atoms with E-state index in [0.29, 0.717) is 38.9 Å². The van der Waals surface area contributed by atoms with Crippen molar-refractivity contribution in [2.75, 3.05) is 0 Å². The van der Waals surface area contributed by atoms with Gasteiger partial charge in [0.15, 0.2) is 0 Å². The number of aliphatic hydroxyl groups excluding tert-OH is 1. The van der Waals surface area contributed by atoms with Gasteiger partial charge in [0.1, 0.15) is 0 Å². The summed E-state index contributed by atoms with van der Waals surface area (Å²) in [4.78, 5) is 0. The van der Waals surface area contributed by atoms with Gasteiger partial charge in [-0.3, -0.25) is 0 Å². The standard InChI is InChI=1S/C29H48O/c1-19-23(30)9-8-21-20-10-13-29(7)24-18-25(2,3)14-15-26(24,4)16-17-28(29,6)22(20)11-12-27(19,21)5/h10,19,21-24,30H,8-9,11-18H2,1-7H3/t19-,21-,22-,23-,24+,26+,27+,28+,29-/m0/s1. The maximum absolute atomic E-state index is 10.6. The molecule has 0 unspecified atom stereocenters. The third-order valence-electron chi connectivity index (χ3n) is 12.7. The fraction of sp³-hybridized carbons (Fsp3) is 0.931. The normalized spacial score (nSPS) is 57.3. The molecule has 0 radical (unpaired) electrons. The maximum atomic E-state index is 10.6. The molecule has 0 spiro atoms. The lowest BCUT2D eigenvalue weighted by molar-refractivity contribution is -0.182. The van der Waals surface area contributed by atoms with E-state index < -0.39 is 0 Å². The van der Waals surface area contributed by atoms with Crippen LogP contribution >= 0.6 is 0 Å². The lowest BCUT2D eigenvalue weighted by Gasteiger charge is -2.70. The maximum Gasteiger partial charge on any atom is 0.0571 e. The molecule has 4 fully saturated rings. The second kappa shape index (κ2) is 6.39. The third kappa shape index (κ3) is 2.63. The van der Waals surface area contributed by atoms with E-state index in [0.717, 1.165) is 18.3 Å². The molecule has 5 aliphatic carbocycles. The van der Waals surface area contributed by atoms with Gasteiger partial charge in [0.25, 0.3) is 0 Å². The van der Waals surface area contributed by atoms with Crippen LogP contribution in [-0.2, 0) is 0 Å². The minimum atomic E-state index is -0.0901. The zero-order valence-corrected chi connectivity index (χ0v) is 21.0. The van der Waals surface area contributed by atoms with Crippen molar-refractivity contribution in [2.45, 2.75) is 119 Å². The van der Waals surface area contributed by atoms with Crippen molar-refractivity contribution in [1.82, 2.24) is 0 Å². The summed E-state index contributed by atoms with van der Waals surface area (Å²) in [6.45, 7) is 18.0. The average Bonchev–Trinajstić information content (AvgIpc) is 2.68.